The number of H-pyrrole nitrogens is 1. The number of aryl methyl sites for hydroxylation is 2. The molecule has 1 N–H and O–H groups in total. The Morgan fingerprint density at radius 3 is 2.68 bits per heavy atom. The van der Waals surface area contributed by atoms with Crippen molar-refractivity contribution < 1.29 is 4.74 Å². The van der Waals surface area contributed by atoms with Crippen molar-refractivity contribution in [3.8, 4) is 17.1 Å². The molecule has 0 atom stereocenters. The second-order valence-corrected chi connectivity index (χ2v) is 9.46. The Hall–Kier alpha value is -2.66. The molecule has 4 nitrogen and oxygen atoms in total. The molecule has 0 fully saturated rings. The number of aromatic nitrogens is 2. The minimum atomic E-state index is -0.00886. The zero-order valence-electron chi connectivity index (χ0n) is 18.0. The molecule has 4 aromatic rings. The summed E-state index contributed by atoms with van der Waals surface area (Å²) in [6.45, 7) is 2.87. The van der Waals surface area contributed by atoms with Gasteiger partial charge in [0, 0.05) is 15.8 Å². The van der Waals surface area contributed by atoms with Crippen LogP contribution in [0, 0.1) is 0 Å². The molecule has 0 saturated heterocycles. The molecule has 0 saturated carbocycles. The van der Waals surface area contributed by atoms with Crippen LogP contribution in [0.3, 0.4) is 0 Å². The Morgan fingerprint density at radius 2 is 1.84 bits per heavy atom. The van der Waals surface area contributed by atoms with Gasteiger partial charge in [0.15, 0.2) is 0 Å². The molecule has 0 radical (unpaired) electrons. The number of nitrogens with zero attached hydrogens (tertiary/aromatic N) is 1. The zero-order valence-corrected chi connectivity index (χ0v) is 18.8. The lowest BCUT2D eigenvalue weighted by atomic mass is 9.98. The van der Waals surface area contributed by atoms with E-state index < -0.39 is 0 Å². The molecular weight excluding hydrogens is 404 g/mol. The van der Waals surface area contributed by atoms with Crippen LogP contribution in [0.5, 0.6) is 5.75 Å². The van der Waals surface area contributed by atoms with Crippen molar-refractivity contribution in [1.82, 2.24) is 9.97 Å². The van der Waals surface area contributed by atoms with Gasteiger partial charge in [-0.1, -0.05) is 50.5 Å². The first-order valence-electron chi connectivity index (χ1n) is 11.5. The normalized spacial score (nSPS) is 14.4. The number of rotatable bonds is 5. The molecule has 5 rings (SSSR count). The van der Waals surface area contributed by atoms with Crippen LogP contribution in [-0.2, 0) is 12.8 Å². The molecule has 1 aliphatic rings. The summed E-state index contributed by atoms with van der Waals surface area (Å²) in [5.74, 6) is 1.53. The first-order chi connectivity index (χ1) is 15.3. The van der Waals surface area contributed by atoms with Crippen LogP contribution in [0.2, 0.25) is 0 Å². The number of nitrogens with one attached hydrogen (secondary N) is 1. The highest BCUT2D eigenvalue weighted by Gasteiger charge is 2.19. The zero-order chi connectivity index (χ0) is 21.2. The number of hydrogen-bond acceptors (Lipinski definition) is 4. The molecule has 1 aliphatic carbocycles. The predicted octanol–water partition coefficient (Wildman–Crippen LogP) is 6.64. The van der Waals surface area contributed by atoms with E-state index >= 15 is 0 Å². The van der Waals surface area contributed by atoms with Gasteiger partial charge in [0.2, 0.25) is 0 Å². The van der Waals surface area contributed by atoms with Crippen LogP contribution in [0.15, 0.2) is 41.2 Å². The Kier molecular flexibility index (Phi) is 5.77. The lowest BCUT2D eigenvalue weighted by molar-refractivity contribution is 0.313. The van der Waals surface area contributed by atoms with E-state index in [0.717, 1.165) is 64.4 Å². The van der Waals surface area contributed by atoms with Crippen molar-refractivity contribution in [3.05, 3.63) is 57.2 Å². The van der Waals surface area contributed by atoms with Crippen LogP contribution in [0.4, 0.5) is 0 Å². The molecule has 0 aliphatic heterocycles. The van der Waals surface area contributed by atoms with Crippen molar-refractivity contribution >= 4 is 32.3 Å². The van der Waals surface area contributed by atoms with Crippen molar-refractivity contribution in [2.45, 2.75) is 58.3 Å². The summed E-state index contributed by atoms with van der Waals surface area (Å²) in [7, 11) is 0. The van der Waals surface area contributed by atoms with Crippen molar-refractivity contribution in [2.24, 2.45) is 0 Å². The van der Waals surface area contributed by atoms with E-state index in [1.165, 1.54) is 29.7 Å². The monoisotopic (exact) mass is 432 g/mol. The third-order valence-corrected chi connectivity index (χ3v) is 7.41. The van der Waals surface area contributed by atoms with Gasteiger partial charge >= 0.3 is 0 Å². The highest BCUT2D eigenvalue weighted by Crippen LogP contribution is 2.36. The second kappa shape index (κ2) is 8.83. The first kappa shape index (κ1) is 20.3. The Bertz CT molecular complexity index is 1290. The van der Waals surface area contributed by atoms with Gasteiger partial charge in [-0.3, -0.25) is 4.79 Å². The van der Waals surface area contributed by atoms with Gasteiger partial charge in [0.05, 0.1) is 12.0 Å². The predicted molar refractivity (Wildman–Crippen MR) is 129 cm³/mol. The topological polar surface area (TPSA) is 55.0 Å². The number of fused-ring (bicyclic) bond motifs is 4. The number of aromatic amines is 1. The maximum absolute atomic E-state index is 13.2. The molecule has 2 aromatic carbocycles. The Labute approximate surface area is 186 Å². The standard InChI is InChI=1S/C26H28N2O2S/c1-2-3-16-30-21-15-14-19(17-10-8-9-11-18(17)21)24-27-25(29)23-20-12-6-4-5-7-13-22(20)31-26(23)28-24/h8-11,14-15H,2-7,12-13,16H2,1H3,(H,27,28,29). The first-order valence-corrected chi connectivity index (χ1v) is 12.3. The smallest absolute Gasteiger partial charge is 0.260 e. The van der Waals surface area contributed by atoms with E-state index in [0.29, 0.717) is 12.4 Å². The lowest BCUT2D eigenvalue weighted by Crippen LogP contribution is -2.10. The molecule has 2 aromatic heterocycles. The highest BCUT2D eigenvalue weighted by molar-refractivity contribution is 7.18. The molecule has 160 valence electrons. The maximum atomic E-state index is 13.2. The van der Waals surface area contributed by atoms with Crippen molar-refractivity contribution in [1.29, 1.82) is 0 Å². The van der Waals surface area contributed by atoms with E-state index in [2.05, 4.69) is 24.0 Å². The summed E-state index contributed by atoms with van der Waals surface area (Å²) >= 11 is 1.71. The van der Waals surface area contributed by atoms with Crippen LogP contribution >= 0.6 is 11.3 Å². The average molecular weight is 433 g/mol. The lowest BCUT2D eigenvalue weighted by Gasteiger charge is -2.12. The minimum Gasteiger partial charge on any atom is -0.493 e. The molecule has 31 heavy (non-hydrogen) atoms. The Balaban J connectivity index is 1.62. The largest absolute Gasteiger partial charge is 0.493 e. The van der Waals surface area contributed by atoms with E-state index in [-0.39, 0.29) is 5.56 Å². The quantitative estimate of drug-likeness (QED) is 0.360. The van der Waals surface area contributed by atoms with E-state index in [4.69, 9.17) is 9.72 Å². The van der Waals surface area contributed by atoms with Crippen LogP contribution in [0.1, 0.15) is 55.9 Å². The number of ether oxygens (including phenoxy) is 1. The van der Waals surface area contributed by atoms with Gasteiger partial charge in [0.1, 0.15) is 16.4 Å². The maximum Gasteiger partial charge on any atom is 0.260 e. The fraction of sp³-hybridized carbons (Fsp3) is 0.385. The number of unbranched alkanes of at least 4 members (excludes halogenated alkanes) is 1. The number of thiophene rings is 1. The summed E-state index contributed by atoms with van der Waals surface area (Å²) in [4.78, 5) is 23.4. The van der Waals surface area contributed by atoms with Crippen LogP contribution in [0.25, 0.3) is 32.4 Å². The van der Waals surface area contributed by atoms with Crippen LogP contribution < -0.4 is 10.3 Å². The van der Waals surface area contributed by atoms with E-state index in [9.17, 15) is 4.79 Å². The summed E-state index contributed by atoms with van der Waals surface area (Å²) < 4.78 is 6.03. The summed E-state index contributed by atoms with van der Waals surface area (Å²) in [5, 5.41) is 2.92. The third kappa shape index (κ3) is 3.87. The minimum absolute atomic E-state index is 0.00886. The van der Waals surface area contributed by atoms with Gasteiger partial charge in [0.25, 0.3) is 5.56 Å². The second-order valence-electron chi connectivity index (χ2n) is 8.37. The Morgan fingerprint density at radius 1 is 1.03 bits per heavy atom. The molecule has 0 unspecified atom stereocenters. The van der Waals surface area contributed by atoms with Crippen LogP contribution in [-0.4, -0.2) is 16.6 Å². The third-order valence-electron chi connectivity index (χ3n) is 6.22. The summed E-state index contributed by atoms with van der Waals surface area (Å²) in [6.07, 6.45) is 9.08. The summed E-state index contributed by atoms with van der Waals surface area (Å²) in [5.41, 5.74) is 2.17. The molecular formula is C26H28N2O2S. The SMILES string of the molecule is CCCCOc1ccc(-c2nc3sc4c(c3c(=O)[nH]2)CCCCCC4)c2ccccc12. The van der Waals surface area contributed by atoms with Gasteiger partial charge < -0.3 is 9.72 Å². The van der Waals surface area contributed by atoms with Gasteiger partial charge in [-0.05, 0) is 55.2 Å². The molecule has 0 spiro atoms. The highest BCUT2D eigenvalue weighted by atomic mass is 32.1. The van der Waals surface area contributed by atoms with Gasteiger partial charge in [-0.15, -0.1) is 11.3 Å². The van der Waals surface area contributed by atoms with Crippen molar-refractivity contribution in [3.63, 3.8) is 0 Å². The molecule has 2 heterocycles. The average Bonchev–Trinajstić information content (AvgIpc) is 3.10. The number of hydrogen-bond donors (Lipinski definition) is 1. The van der Waals surface area contributed by atoms with Gasteiger partial charge in [-0.25, -0.2) is 4.98 Å². The van der Waals surface area contributed by atoms with Gasteiger partial charge in [-0.2, -0.15) is 0 Å². The fourth-order valence-electron chi connectivity index (χ4n) is 4.58. The molecule has 0 bridgehead atoms. The molecule has 0 amide bonds. The van der Waals surface area contributed by atoms with Crippen molar-refractivity contribution in [2.75, 3.05) is 6.61 Å². The fourth-order valence-corrected chi connectivity index (χ4v) is 5.84. The summed E-state index contributed by atoms with van der Waals surface area (Å²) in [6, 6.07) is 12.2. The number of benzene rings is 2. The van der Waals surface area contributed by atoms with E-state index in [1.807, 2.05) is 24.3 Å². The molecule has 5 heteroatoms. The van der Waals surface area contributed by atoms with E-state index in [1.54, 1.807) is 11.3 Å².